The van der Waals surface area contributed by atoms with Crippen molar-refractivity contribution >= 4 is 11.5 Å². The summed E-state index contributed by atoms with van der Waals surface area (Å²) < 4.78 is 12.5. The second-order valence-electron chi connectivity index (χ2n) is 10.6. The van der Waals surface area contributed by atoms with Gasteiger partial charge in [-0.3, -0.25) is 14.5 Å². The van der Waals surface area contributed by atoms with E-state index >= 15 is 0 Å². The van der Waals surface area contributed by atoms with Gasteiger partial charge in [0.25, 0.3) is 5.91 Å². The average Bonchev–Trinajstić information content (AvgIpc) is 3.64. The Morgan fingerprint density at radius 2 is 1.93 bits per heavy atom. The van der Waals surface area contributed by atoms with E-state index in [1.807, 2.05) is 19.1 Å². The van der Waals surface area contributed by atoms with Gasteiger partial charge < -0.3 is 14.8 Å². The van der Waals surface area contributed by atoms with Crippen molar-refractivity contribution < 1.29 is 14.3 Å². The lowest BCUT2D eigenvalue weighted by Crippen LogP contribution is -2.23. The molecule has 0 bridgehead atoms. The fraction of sp³-hybridized carbons (Fsp3) is 0.400. The topological polar surface area (TPSA) is 143 Å². The predicted molar refractivity (Wildman–Crippen MR) is 153 cm³/mol. The van der Waals surface area contributed by atoms with E-state index in [0.717, 1.165) is 65.0 Å². The molecule has 4 aromatic heterocycles. The van der Waals surface area contributed by atoms with Crippen LogP contribution >= 0.6 is 0 Å². The van der Waals surface area contributed by atoms with Crippen LogP contribution in [0.25, 0.3) is 5.57 Å². The van der Waals surface area contributed by atoms with Crippen LogP contribution in [0.5, 0.6) is 11.9 Å². The molecule has 6 rings (SSSR count). The van der Waals surface area contributed by atoms with E-state index in [1.54, 1.807) is 37.5 Å². The van der Waals surface area contributed by atoms with Gasteiger partial charge in [-0.15, -0.1) is 5.10 Å². The average molecular weight is 568 g/mol. The Bertz CT molecular complexity index is 1630. The van der Waals surface area contributed by atoms with Crippen LogP contribution in [0.2, 0.25) is 0 Å². The third kappa shape index (κ3) is 5.97. The molecular weight excluding hydrogens is 534 g/mol. The molecule has 0 aromatic carbocycles. The van der Waals surface area contributed by atoms with Crippen LogP contribution in [0.1, 0.15) is 69.9 Å². The molecule has 1 saturated carbocycles. The fourth-order valence-electron chi connectivity index (χ4n) is 5.21. The fourth-order valence-corrected chi connectivity index (χ4v) is 5.21. The number of rotatable bonds is 12. The Labute approximate surface area is 243 Å². The number of aromatic nitrogens is 8. The third-order valence-electron chi connectivity index (χ3n) is 7.58. The molecule has 216 valence electrons. The third-order valence-corrected chi connectivity index (χ3v) is 7.58. The molecule has 12 heteroatoms. The first-order chi connectivity index (χ1) is 20.5. The summed E-state index contributed by atoms with van der Waals surface area (Å²) in [5.74, 6) is 0.788. The maximum absolute atomic E-state index is 12.5. The Hall–Kier alpha value is -4.74. The highest BCUT2D eigenvalue weighted by atomic mass is 16.5. The molecule has 1 amide bonds. The number of pyridine rings is 1. The smallest absolute Gasteiger partial charge is 0.319 e. The summed E-state index contributed by atoms with van der Waals surface area (Å²) in [5, 5.41) is 20.2. The first-order valence-corrected chi connectivity index (χ1v) is 14.2. The number of amides is 1. The SMILES string of the molecule is COc1ncc(C2=C(C3CC3)Cc3nnc(CCCCn4cc(C(=O)NCc5ccc(C)nc5)nn4)cc32)c(OC)n1. The molecule has 4 heterocycles. The molecule has 2 aliphatic rings. The van der Waals surface area contributed by atoms with E-state index in [0.29, 0.717) is 30.6 Å². The number of fused-ring (bicyclic) bond motifs is 1. The number of carbonyl (C=O) groups excluding carboxylic acids is 1. The summed E-state index contributed by atoms with van der Waals surface area (Å²) >= 11 is 0. The van der Waals surface area contributed by atoms with Gasteiger partial charge in [0.05, 0.1) is 37.4 Å². The van der Waals surface area contributed by atoms with Gasteiger partial charge in [-0.05, 0) is 68.2 Å². The Balaban J connectivity index is 1.07. The largest absolute Gasteiger partial charge is 0.480 e. The van der Waals surface area contributed by atoms with E-state index < -0.39 is 0 Å². The van der Waals surface area contributed by atoms with Crippen molar-refractivity contribution in [2.24, 2.45) is 5.92 Å². The highest BCUT2D eigenvalue weighted by Gasteiger charge is 2.36. The summed E-state index contributed by atoms with van der Waals surface area (Å²) in [7, 11) is 3.16. The first-order valence-electron chi connectivity index (χ1n) is 14.2. The lowest BCUT2D eigenvalue weighted by molar-refractivity contribution is 0.0945. The van der Waals surface area contributed by atoms with Crippen molar-refractivity contribution in [1.82, 2.24) is 45.5 Å². The van der Waals surface area contributed by atoms with Gasteiger partial charge in [0.1, 0.15) is 0 Å². The van der Waals surface area contributed by atoms with Gasteiger partial charge in [0, 0.05) is 43.2 Å². The van der Waals surface area contributed by atoms with Gasteiger partial charge in [-0.2, -0.15) is 15.2 Å². The molecular formula is C30H33N9O3. The predicted octanol–water partition coefficient (Wildman–Crippen LogP) is 3.30. The van der Waals surface area contributed by atoms with Crippen LogP contribution in [0.4, 0.5) is 0 Å². The van der Waals surface area contributed by atoms with Crippen molar-refractivity contribution in [2.75, 3.05) is 14.2 Å². The molecule has 1 fully saturated rings. The molecule has 12 nitrogen and oxygen atoms in total. The molecule has 42 heavy (non-hydrogen) atoms. The van der Waals surface area contributed by atoms with Crippen LogP contribution in [-0.4, -0.2) is 60.3 Å². The van der Waals surface area contributed by atoms with Crippen molar-refractivity contribution in [3.8, 4) is 11.9 Å². The van der Waals surface area contributed by atoms with Crippen LogP contribution in [0.3, 0.4) is 0 Å². The summed E-state index contributed by atoms with van der Waals surface area (Å²) in [6.07, 6.45) is 10.9. The second-order valence-corrected chi connectivity index (χ2v) is 10.6. The standard InChI is InChI=1S/C30H33N9O3/c1-18-7-8-19(14-31-18)15-32-28(40)26-17-39(38-37-26)11-5-4-6-21-12-23-25(36-35-21)13-22(20-9-10-20)27(23)24-16-33-30(42-3)34-29(24)41-2/h7-8,12,14,16-17,20H,4-6,9-11,13,15H2,1-3H3,(H,32,40). The maximum Gasteiger partial charge on any atom is 0.319 e. The number of nitrogens with one attached hydrogen (secondary N) is 1. The van der Waals surface area contributed by atoms with E-state index in [1.165, 1.54) is 18.4 Å². The number of hydrogen-bond donors (Lipinski definition) is 1. The maximum atomic E-state index is 12.5. The molecule has 2 aliphatic carbocycles. The Morgan fingerprint density at radius 3 is 2.69 bits per heavy atom. The number of carbonyl (C=O) groups is 1. The number of allylic oxidation sites excluding steroid dienone is 1. The highest BCUT2D eigenvalue weighted by molar-refractivity contribution is 5.91. The van der Waals surface area contributed by atoms with Crippen LogP contribution in [-0.2, 0) is 25.9 Å². The zero-order valence-electron chi connectivity index (χ0n) is 24.0. The Kier molecular flexibility index (Phi) is 7.85. The number of methoxy groups -OCH3 is 2. The zero-order valence-corrected chi connectivity index (χ0v) is 24.0. The van der Waals surface area contributed by atoms with Crippen molar-refractivity contribution in [3.05, 3.63) is 81.8 Å². The van der Waals surface area contributed by atoms with Crippen molar-refractivity contribution in [1.29, 1.82) is 0 Å². The number of unbranched alkanes of at least 4 members (excludes halogenated alkanes) is 1. The molecule has 4 aromatic rings. The van der Waals surface area contributed by atoms with Gasteiger partial charge in [-0.25, -0.2) is 4.98 Å². The van der Waals surface area contributed by atoms with Crippen molar-refractivity contribution in [2.45, 2.75) is 58.5 Å². The molecule has 0 unspecified atom stereocenters. The molecule has 0 aliphatic heterocycles. The van der Waals surface area contributed by atoms with Gasteiger partial charge in [0.2, 0.25) is 5.88 Å². The monoisotopic (exact) mass is 567 g/mol. The van der Waals surface area contributed by atoms with Crippen LogP contribution < -0.4 is 14.8 Å². The van der Waals surface area contributed by atoms with Crippen molar-refractivity contribution in [3.63, 3.8) is 0 Å². The minimum absolute atomic E-state index is 0.261. The minimum Gasteiger partial charge on any atom is -0.480 e. The molecule has 0 saturated heterocycles. The van der Waals surface area contributed by atoms with Gasteiger partial charge >= 0.3 is 6.01 Å². The van der Waals surface area contributed by atoms with Crippen LogP contribution in [0, 0.1) is 12.8 Å². The molecule has 1 N–H and O–H groups in total. The Morgan fingerprint density at radius 1 is 1.05 bits per heavy atom. The minimum atomic E-state index is -0.261. The van der Waals surface area contributed by atoms with Crippen LogP contribution in [0.15, 0.2) is 42.4 Å². The number of nitrogens with zero attached hydrogens (tertiary/aromatic N) is 8. The first kappa shape index (κ1) is 27.4. The molecule has 0 atom stereocenters. The summed E-state index contributed by atoms with van der Waals surface area (Å²) in [6, 6.07) is 6.28. The normalized spacial score (nSPS) is 14.2. The number of aryl methyl sites for hydroxylation is 3. The lowest BCUT2D eigenvalue weighted by Gasteiger charge is -2.13. The summed E-state index contributed by atoms with van der Waals surface area (Å²) in [6.45, 7) is 2.96. The quantitative estimate of drug-likeness (QED) is 0.253. The molecule has 0 radical (unpaired) electrons. The number of ether oxygens (including phenoxy) is 2. The van der Waals surface area contributed by atoms with E-state index in [2.05, 4.69) is 46.8 Å². The lowest BCUT2D eigenvalue weighted by atomic mass is 9.97. The van der Waals surface area contributed by atoms with Gasteiger partial charge in [0.15, 0.2) is 5.69 Å². The van der Waals surface area contributed by atoms with E-state index in [9.17, 15) is 4.79 Å². The number of hydrogen-bond acceptors (Lipinski definition) is 10. The highest BCUT2D eigenvalue weighted by Crippen LogP contribution is 2.49. The second kappa shape index (κ2) is 12.0. The van der Waals surface area contributed by atoms with E-state index in [4.69, 9.17) is 9.47 Å². The zero-order chi connectivity index (χ0) is 29.1. The summed E-state index contributed by atoms with van der Waals surface area (Å²) in [4.78, 5) is 25.5. The van der Waals surface area contributed by atoms with Gasteiger partial charge in [-0.1, -0.05) is 16.9 Å². The summed E-state index contributed by atoms with van der Waals surface area (Å²) in [5.41, 5.74) is 8.51. The van der Waals surface area contributed by atoms with E-state index in [-0.39, 0.29) is 11.9 Å². The molecule has 0 spiro atoms.